The van der Waals surface area contributed by atoms with E-state index in [0.717, 1.165) is 0 Å². The molecule has 2 rings (SSSR count). The lowest BCUT2D eigenvalue weighted by atomic mass is 10.5. The molecule has 2 heterocycles. The first-order valence-corrected chi connectivity index (χ1v) is 4.90. The number of nitrogens with one attached hydrogen (secondary N) is 2. The summed E-state index contributed by atoms with van der Waals surface area (Å²) in [6, 6.07) is 1.71. The van der Waals surface area contributed by atoms with Gasteiger partial charge in [0.15, 0.2) is 5.65 Å². The van der Waals surface area contributed by atoms with E-state index in [2.05, 4.69) is 20.5 Å². The summed E-state index contributed by atoms with van der Waals surface area (Å²) in [7, 11) is 1.64. The number of anilines is 1. The molecule has 2 aromatic heterocycles. The number of aromatic amines is 1. The van der Waals surface area contributed by atoms with Gasteiger partial charge in [0, 0.05) is 19.7 Å². The van der Waals surface area contributed by atoms with Gasteiger partial charge in [-0.05, 0) is 6.92 Å². The van der Waals surface area contributed by atoms with Crippen LogP contribution in [0, 0.1) is 6.92 Å². The molecule has 0 bridgehead atoms. The molecule has 0 fully saturated rings. The Morgan fingerprint density at radius 3 is 3.19 bits per heavy atom. The number of hydrogen-bond donors (Lipinski definition) is 2. The molecule has 7 nitrogen and oxygen atoms in total. The Hall–Kier alpha value is -1.89. The molecule has 16 heavy (non-hydrogen) atoms. The van der Waals surface area contributed by atoms with Crippen molar-refractivity contribution in [2.45, 2.75) is 6.92 Å². The molecule has 2 N–H and O–H groups in total. The molecule has 86 valence electrons. The smallest absolute Gasteiger partial charge is 0.349 e. The van der Waals surface area contributed by atoms with Gasteiger partial charge in [-0.3, -0.25) is 0 Å². The highest BCUT2D eigenvalue weighted by atomic mass is 16.5. The van der Waals surface area contributed by atoms with E-state index in [0.29, 0.717) is 30.4 Å². The minimum absolute atomic E-state index is 0.275. The lowest BCUT2D eigenvalue weighted by molar-refractivity contribution is 0.210. The standard InChI is InChI=1S/C9H13N5O2/c1-6-11-7(10-3-4-16-2)5-8-12-13-9(15)14(6)8/h5,10H,3-4H2,1-2H3,(H,13,15). The van der Waals surface area contributed by atoms with Crippen LogP contribution < -0.4 is 11.0 Å². The van der Waals surface area contributed by atoms with E-state index in [4.69, 9.17) is 4.74 Å². The molecule has 2 aromatic rings. The summed E-state index contributed by atoms with van der Waals surface area (Å²) in [5.74, 6) is 1.28. The number of fused-ring (bicyclic) bond motifs is 1. The zero-order chi connectivity index (χ0) is 11.5. The van der Waals surface area contributed by atoms with Gasteiger partial charge in [-0.15, -0.1) is 0 Å². The second-order valence-corrected chi connectivity index (χ2v) is 3.33. The number of aryl methyl sites for hydroxylation is 1. The number of ether oxygens (including phenoxy) is 1. The zero-order valence-electron chi connectivity index (χ0n) is 9.15. The predicted molar refractivity (Wildman–Crippen MR) is 58.7 cm³/mol. The lowest BCUT2D eigenvalue weighted by Gasteiger charge is -2.06. The van der Waals surface area contributed by atoms with Gasteiger partial charge in [0.1, 0.15) is 11.6 Å². The van der Waals surface area contributed by atoms with Crippen molar-refractivity contribution in [3.05, 3.63) is 22.4 Å². The fraction of sp³-hybridized carbons (Fsp3) is 0.444. The molecular formula is C9H13N5O2. The Morgan fingerprint density at radius 2 is 2.44 bits per heavy atom. The Kier molecular flexibility index (Phi) is 2.86. The second-order valence-electron chi connectivity index (χ2n) is 3.33. The topological polar surface area (TPSA) is 84.3 Å². The van der Waals surface area contributed by atoms with Crippen LogP contribution in [0.2, 0.25) is 0 Å². The Labute approximate surface area is 91.5 Å². The molecule has 0 spiro atoms. The summed E-state index contributed by atoms with van der Waals surface area (Å²) in [5, 5.41) is 9.34. The average Bonchev–Trinajstić information content (AvgIpc) is 2.61. The van der Waals surface area contributed by atoms with Crippen LogP contribution in [0.15, 0.2) is 10.9 Å². The van der Waals surface area contributed by atoms with Crippen molar-refractivity contribution in [2.24, 2.45) is 0 Å². The van der Waals surface area contributed by atoms with Crippen molar-refractivity contribution < 1.29 is 4.74 Å². The molecule has 0 aliphatic heterocycles. The molecule has 0 aliphatic rings. The van der Waals surface area contributed by atoms with Gasteiger partial charge in [0.2, 0.25) is 0 Å². The Morgan fingerprint density at radius 1 is 1.62 bits per heavy atom. The first kappa shape index (κ1) is 10.6. The van der Waals surface area contributed by atoms with Crippen LogP contribution in [0.25, 0.3) is 5.65 Å². The number of aromatic nitrogens is 4. The molecule has 0 atom stereocenters. The minimum atomic E-state index is -0.275. The number of hydrogen-bond acceptors (Lipinski definition) is 5. The highest BCUT2D eigenvalue weighted by molar-refractivity contribution is 5.49. The van der Waals surface area contributed by atoms with Crippen LogP contribution in [0.3, 0.4) is 0 Å². The van der Waals surface area contributed by atoms with Crippen LogP contribution in [-0.4, -0.2) is 39.8 Å². The van der Waals surface area contributed by atoms with E-state index >= 15 is 0 Å². The first-order valence-electron chi connectivity index (χ1n) is 4.90. The largest absolute Gasteiger partial charge is 0.383 e. The first-order chi connectivity index (χ1) is 7.72. The maximum atomic E-state index is 11.3. The van der Waals surface area contributed by atoms with Crippen LogP contribution in [0.5, 0.6) is 0 Å². The Balaban J connectivity index is 2.32. The van der Waals surface area contributed by atoms with E-state index in [-0.39, 0.29) is 5.69 Å². The van der Waals surface area contributed by atoms with E-state index < -0.39 is 0 Å². The summed E-state index contributed by atoms with van der Waals surface area (Å²) >= 11 is 0. The fourth-order valence-electron chi connectivity index (χ4n) is 1.47. The van der Waals surface area contributed by atoms with Gasteiger partial charge in [0.05, 0.1) is 6.61 Å². The molecule has 0 saturated carbocycles. The summed E-state index contributed by atoms with van der Waals surface area (Å²) in [6.07, 6.45) is 0. The molecule has 0 radical (unpaired) electrons. The maximum Gasteiger partial charge on any atom is 0.349 e. The monoisotopic (exact) mass is 223 g/mol. The number of methoxy groups -OCH3 is 1. The van der Waals surface area contributed by atoms with Gasteiger partial charge in [-0.2, -0.15) is 5.10 Å². The fourth-order valence-corrected chi connectivity index (χ4v) is 1.47. The highest BCUT2D eigenvalue weighted by Gasteiger charge is 2.05. The van der Waals surface area contributed by atoms with Crippen molar-refractivity contribution in [3.8, 4) is 0 Å². The molecule has 0 aliphatic carbocycles. The Bertz CT molecular complexity index is 544. The van der Waals surface area contributed by atoms with Crippen molar-refractivity contribution in [3.63, 3.8) is 0 Å². The summed E-state index contributed by atoms with van der Waals surface area (Å²) in [6.45, 7) is 3.01. The van der Waals surface area contributed by atoms with E-state index in [9.17, 15) is 4.79 Å². The van der Waals surface area contributed by atoms with Crippen LogP contribution in [0.4, 0.5) is 5.82 Å². The van der Waals surface area contributed by atoms with Crippen molar-refractivity contribution in [1.29, 1.82) is 0 Å². The normalized spacial score (nSPS) is 10.9. The van der Waals surface area contributed by atoms with Crippen LogP contribution in [-0.2, 0) is 4.74 Å². The van der Waals surface area contributed by atoms with Crippen molar-refractivity contribution >= 4 is 11.5 Å². The lowest BCUT2D eigenvalue weighted by Crippen LogP contribution is -2.15. The van der Waals surface area contributed by atoms with Gasteiger partial charge >= 0.3 is 5.69 Å². The molecule has 0 saturated heterocycles. The van der Waals surface area contributed by atoms with E-state index in [1.807, 2.05) is 0 Å². The van der Waals surface area contributed by atoms with Gasteiger partial charge in [0.25, 0.3) is 0 Å². The zero-order valence-corrected chi connectivity index (χ0v) is 9.15. The van der Waals surface area contributed by atoms with Crippen molar-refractivity contribution in [1.82, 2.24) is 19.6 Å². The van der Waals surface area contributed by atoms with Gasteiger partial charge in [-0.1, -0.05) is 0 Å². The summed E-state index contributed by atoms with van der Waals surface area (Å²) < 4.78 is 6.34. The van der Waals surface area contributed by atoms with Gasteiger partial charge < -0.3 is 10.1 Å². The summed E-state index contributed by atoms with van der Waals surface area (Å²) in [5.41, 5.74) is 0.279. The number of H-pyrrole nitrogens is 1. The van der Waals surface area contributed by atoms with Gasteiger partial charge in [-0.25, -0.2) is 19.3 Å². The van der Waals surface area contributed by atoms with Crippen molar-refractivity contribution in [2.75, 3.05) is 25.6 Å². The van der Waals surface area contributed by atoms with E-state index in [1.165, 1.54) is 4.40 Å². The third kappa shape index (κ3) is 1.89. The minimum Gasteiger partial charge on any atom is -0.383 e. The second kappa shape index (κ2) is 4.31. The maximum absolute atomic E-state index is 11.3. The molecule has 0 aromatic carbocycles. The average molecular weight is 223 g/mol. The predicted octanol–water partition coefficient (Wildman–Crippen LogP) is -0.216. The molecule has 0 unspecified atom stereocenters. The number of rotatable bonds is 4. The molecule has 7 heteroatoms. The summed E-state index contributed by atoms with van der Waals surface area (Å²) in [4.78, 5) is 15.6. The SMILES string of the molecule is COCCNc1cc2n[nH]c(=O)n2c(C)n1. The number of nitrogens with zero attached hydrogens (tertiary/aromatic N) is 3. The third-order valence-corrected chi connectivity index (χ3v) is 2.18. The molecular weight excluding hydrogens is 210 g/mol. The third-order valence-electron chi connectivity index (χ3n) is 2.18. The van der Waals surface area contributed by atoms with E-state index in [1.54, 1.807) is 20.1 Å². The quantitative estimate of drug-likeness (QED) is 0.700. The molecule has 0 amide bonds. The van der Waals surface area contributed by atoms with Crippen LogP contribution in [0.1, 0.15) is 5.82 Å². The van der Waals surface area contributed by atoms with Crippen LogP contribution >= 0.6 is 0 Å². The highest BCUT2D eigenvalue weighted by Crippen LogP contribution is 2.06.